The second-order valence-corrected chi connectivity index (χ2v) is 9.34. The fourth-order valence-electron chi connectivity index (χ4n) is 3.57. The lowest BCUT2D eigenvalue weighted by Gasteiger charge is -2.31. The molecule has 0 spiro atoms. The molecule has 0 aliphatic heterocycles. The monoisotopic (exact) mass is 462 g/mol. The van der Waals surface area contributed by atoms with Crippen molar-refractivity contribution in [2.75, 3.05) is 54.5 Å². The average molecular weight is 463 g/mol. The lowest BCUT2D eigenvalue weighted by molar-refractivity contribution is 0.0473. The average Bonchev–Trinajstić information content (AvgIpc) is 2.85. The van der Waals surface area contributed by atoms with Crippen molar-refractivity contribution < 1.29 is 19.1 Å². The second kappa shape index (κ2) is 11.1. The Hall–Kier alpha value is -3.48. The number of rotatable bonds is 10. The molecule has 0 aromatic heterocycles. The van der Waals surface area contributed by atoms with Crippen molar-refractivity contribution >= 4 is 23.3 Å². The van der Waals surface area contributed by atoms with Gasteiger partial charge in [0, 0.05) is 24.3 Å². The summed E-state index contributed by atoms with van der Waals surface area (Å²) in [6.45, 7) is 1.98. The van der Waals surface area contributed by atoms with E-state index in [1.54, 1.807) is 24.3 Å². The zero-order valence-electron chi connectivity index (χ0n) is 20.4. The van der Waals surface area contributed by atoms with Gasteiger partial charge in [-0.2, -0.15) is 0 Å². The normalized spacial score (nSPS) is 11.6. The number of hydrogen-bond acceptors (Lipinski definition) is 4. The van der Waals surface area contributed by atoms with Crippen LogP contribution < -0.4 is 8.97 Å². The van der Waals surface area contributed by atoms with Crippen LogP contribution in [0.2, 0.25) is 0 Å². The van der Waals surface area contributed by atoms with Gasteiger partial charge in [-0.3, -0.25) is 8.97 Å². The Kier molecular flexibility index (Phi) is 8.21. The van der Waals surface area contributed by atoms with Crippen LogP contribution in [0.4, 0.5) is 11.4 Å². The third-order valence-corrected chi connectivity index (χ3v) is 6.03. The van der Waals surface area contributed by atoms with E-state index in [2.05, 4.69) is 52.5 Å². The van der Waals surface area contributed by atoms with Crippen LogP contribution in [-0.4, -0.2) is 66.4 Å². The highest BCUT2D eigenvalue weighted by molar-refractivity contribution is 5.89. The van der Waals surface area contributed by atoms with Gasteiger partial charge in [0.2, 0.25) is 0 Å². The summed E-state index contributed by atoms with van der Waals surface area (Å²) in [6, 6.07) is 26.5. The van der Waals surface area contributed by atoms with Crippen LogP contribution in [0, 0.1) is 0 Å². The minimum Gasteiger partial charge on any atom is -0.456 e. The summed E-state index contributed by atoms with van der Waals surface area (Å²) in [6.07, 6.45) is 0. The molecule has 0 amide bonds. The fourth-order valence-corrected chi connectivity index (χ4v) is 3.57. The van der Waals surface area contributed by atoms with E-state index in [1.807, 2.05) is 36.4 Å². The number of carbonyl (C=O) groups excluding carboxylic acids is 2. The maximum absolute atomic E-state index is 12.2. The molecule has 0 atom stereocenters. The van der Waals surface area contributed by atoms with Crippen molar-refractivity contribution in [2.45, 2.75) is 0 Å². The van der Waals surface area contributed by atoms with Crippen LogP contribution in [0.1, 0.15) is 20.7 Å². The lowest BCUT2D eigenvalue weighted by Crippen LogP contribution is -2.44. The molecule has 0 saturated carbocycles. The molecule has 0 heterocycles. The minimum atomic E-state index is -0.303. The van der Waals surface area contributed by atoms with Crippen molar-refractivity contribution in [1.29, 1.82) is 0 Å². The van der Waals surface area contributed by atoms with Gasteiger partial charge >= 0.3 is 11.9 Å². The first-order valence-electron chi connectivity index (χ1n) is 11.4. The Balaban J connectivity index is 1.51. The smallest absolute Gasteiger partial charge is 0.338 e. The molecular weight excluding hydrogens is 428 g/mol. The molecule has 0 aliphatic carbocycles. The number of carbonyl (C=O) groups is 2. The second-order valence-electron chi connectivity index (χ2n) is 9.34. The van der Waals surface area contributed by atoms with Gasteiger partial charge in [-0.15, -0.1) is 0 Å². The maximum Gasteiger partial charge on any atom is 0.338 e. The molecule has 6 heteroatoms. The predicted octanol–water partition coefficient (Wildman–Crippen LogP) is 4.53. The van der Waals surface area contributed by atoms with Gasteiger partial charge in [0.1, 0.15) is 37.7 Å². The van der Waals surface area contributed by atoms with E-state index in [4.69, 9.17) is 9.47 Å². The highest BCUT2D eigenvalue weighted by Crippen LogP contribution is 2.25. The summed E-state index contributed by atoms with van der Waals surface area (Å²) in [5.41, 5.74) is 3.36. The van der Waals surface area contributed by atoms with Crippen LogP contribution in [0.15, 0.2) is 84.9 Å². The van der Waals surface area contributed by atoms with Gasteiger partial charge in [-0.1, -0.05) is 36.4 Å². The van der Waals surface area contributed by atoms with Gasteiger partial charge < -0.3 is 9.47 Å². The molecule has 3 aromatic carbocycles. The molecule has 0 radical (unpaired) electrons. The molecule has 0 bridgehead atoms. The first-order valence-corrected chi connectivity index (χ1v) is 11.4. The third kappa shape index (κ3) is 6.76. The topological polar surface area (TPSA) is 52.6 Å². The largest absolute Gasteiger partial charge is 0.456 e. The number of quaternary nitrogens is 2. The summed E-state index contributed by atoms with van der Waals surface area (Å²) in [7, 11) is 8.37. The summed E-state index contributed by atoms with van der Waals surface area (Å²) in [5.74, 6) is -0.606. The molecule has 178 valence electrons. The molecule has 3 rings (SSSR count). The molecule has 0 aliphatic rings. The molecule has 6 nitrogen and oxygen atoms in total. The zero-order valence-corrected chi connectivity index (χ0v) is 20.4. The Morgan fingerprint density at radius 1 is 0.559 bits per heavy atom. The minimum absolute atomic E-state index is 0.303. The Labute approximate surface area is 202 Å². The van der Waals surface area contributed by atoms with Crippen LogP contribution in [-0.2, 0) is 9.47 Å². The van der Waals surface area contributed by atoms with Crippen LogP contribution >= 0.6 is 0 Å². The molecule has 0 N–H and O–H groups in total. The summed E-state index contributed by atoms with van der Waals surface area (Å²) >= 11 is 0. The number of nitrogens with zero attached hydrogens (tertiary/aromatic N) is 2. The van der Waals surface area contributed by atoms with E-state index in [1.165, 1.54) is 0 Å². The quantitative estimate of drug-likeness (QED) is 0.328. The lowest BCUT2D eigenvalue weighted by atomic mass is 10.2. The van der Waals surface area contributed by atoms with Gasteiger partial charge in [0.05, 0.1) is 39.3 Å². The van der Waals surface area contributed by atoms with Crippen molar-refractivity contribution in [1.82, 2.24) is 8.97 Å². The van der Waals surface area contributed by atoms with E-state index in [9.17, 15) is 9.59 Å². The number of hydrogen-bond donors (Lipinski definition) is 0. The summed E-state index contributed by atoms with van der Waals surface area (Å²) in [4.78, 5) is 24.3. The van der Waals surface area contributed by atoms with Gasteiger partial charge in [0.15, 0.2) is 0 Å². The summed E-state index contributed by atoms with van der Waals surface area (Å²) in [5, 5.41) is 0. The molecule has 0 saturated heterocycles. The third-order valence-electron chi connectivity index (χ3n) is 6.03. The van der Waals surface area contributed by atoms with Crippen molar-refractivity contribution in [3.8, 4) is 0 Å². The highest BCUT2D eigenvalue weighted by atomic mass is 16.5. The molecule has 0 unspecified atom stereocenters. The molecular formula is C28H34N2O4+2. The molecule has 0 fully saturated rings. The number of ether oxygens (including phenoxy) is 2. The van der Waals surface area contributed by atoms with Gasteiger partial charge in [-0.05, 0) is 24.3 Å². The molecule has 3 aromatic rings. The first-order chi connectivity index (χ1) is 16.2. The Morgan fingerprint density at radius 3 is 1.21 bits per heavy atom. The maximum atomic E-state index is 12.2. The Morgan fingerprint density at radius 2 is 0.882 bits per heavy atom. The highest BCUT2D eigenvalue weighted by Gasteiger charge is 2.24. The Bertz CT molecular complexity index is 990. The van der Waals surface area contributed by atoms with Gasteiger partial charge in [-0.25, -0.2) is 9.59 Å². The van der Waals surface area contributed by atoms with Crippen molar-refractivity contribution in [3.05, 3.63) is 96.1 Å². The van der Waals surface area contributed by atoms with E-state index in [-0.39, 0.29) is 11.9 Å². The first kappa shape index (κ1) is 25.1. The van der Waals surface area contributed by atoms with Crippen LogP contribution in [0.3, 0.4) is 0 Å². The van der Waals surface area contributed by atoms with E-state index in [0.29, 0.717) is 46.4 Å². The zero-order chi connectivity index (χ0) is 24.6. The number of likely N-dealkylation sites (N-methyl/N-ethyl adjacent to an activating group) is 2. The predicted molar refractivity (Wildman–Crippen MR) is 137 cm³/mol. The fraction of sp³-hybridized carbons (Fsp3) is 0.286. The van der Waals surface area contributed by atoms with Crippen LogP contribution in [0.25, 0.3) is 0 Å². The SMILES string of the molecule is C[N+](C)(CCOC(=O)c1ccccc1)c1ccc([N+](C)(C)CCOC(=O)c2ccccc2)cc1. The molecule has 34 heavy (non-hydrogen) atoms. The number of benzene rings is 3. The van der Waals surface area contributed by atoms with Crippen molar-refractivity contribution in [2.24, 2.45) is 0 Å². The van der Waals surface area contributed by atoms with Crippen molar-refractivity contribution in [3.63, 3.8) is 0 Å². The van der Waals surface area contributed by atoms with E-state index < -0.39 is 0 Å². The van der Waals surface area contributed by atoms with Crippen LogP contribution in [0.5, 0.6) is 0 Å². The van der Waals surface area contributed by atoms with Gasteiger partial charge in [0.25, 0.3) is 0 Å². The van der Waals surface area contributed by atoms with E-state index >= 15 is 0 Å². The van der Waals surface area contributed by atoms with E-state index in [0.717, 1.165) is 11.4 Å². The summed E-state index contributed by atoms with van der Waals surface area (Å²) < 4.78 is 12.1. The number of esters is 2. The standard InChI is InChI=1S/C28H34N2O4/c1-29(2,19-21-33-27(31)23-11-7-5-8-12-23)25-15-17-26(18-16-25)30(3,4)20-22-34-28(32)24-13-9-6-10-14-24/h5-18H,19-22H2,1-4H3/q+2.